The van der Waals surface area contributed by atoms with Crippen molar-refractivity contribution in [1.29, 1.82) is 0 Å². The molecule has 12 heavy (non-hydrogen) atoms. The van der Waals surface area contributed by atoms with Crippen LogP contribution in [0.2, 0.25) is 0 Å². The van der Waals surface area contributed by atoms with Gasteiger partial charge in [0.25, 0.3) is 5.91 Å². The fourth-order valence-electron chi connectivity index (χ4n) is 0.586. The molecule has 0 aromatic carbocycles. The summed E-state index contributed by atoms with van der Waals surface area (Å²) in [6.07, 6.45) is 4.65. The zero-order valence-electron chi connectivity index (χ0n) is 6.28. The van der Waals surface area contributed by atoms with Gasteiger partial charge in [-0.25, -0.2) is 4.79 Å². The van der Waals surface area contributed by atoms with E-state index >= 15 is 0 Å². The Kier molecular flexibility index (Phi) is 4.49. The first-order valence-electron chi connectivity index (χ1n) is 3.22. The van der Waals surface area contributed by atoms with Crippen LogP contribution in [0.15, 0.2) is 0 Å². The highest BCUT2D eigenvalue weighted by molar-refractivity contribution is 5.95. The molecule has 0 saturated carbocycles. The summed E-state index contributed by atoms with van der Waals surface area (Å²) in [6.45, 7) is -0.318. The summed E-state index contributed by atoms with van der Waals surface area (Å²) in [5.74, 6) is -0.297. The minimum Gasteiger partial charge on any atom is -0.480 e. The summed E-state index contributed by atoms with van der Waals surface area (Å²) < 4.78 is 0. The minimum absolute atomic E-state index is 0.0528. The Labute approximate surface area is 69.4 Å². The van der Waals surface area contributed by atoms with E-state index in [4.69, 9.17) is 16.6 Å². The summed E-state index contributed by atoms with van der Waals surface area (Å²) in [4.78, 5) is 20.9. The zero-order valence-corrected chi connectivity index (χ0v) is 6.28. The molecule has 0 saturated heterocycles. The molecule has 3 N–H and O–H groups in total. The third kappa shape index (κ3) is 3.58. The fourth-order valence-corrected chi connectivity index (χ4v) is 0.586. The number of carbonyl (C=O) groups is 2. The van der Waals surface area contributed by atoms with Crippen molar-refractivity contribution < 1.29 is 19.8 Å². The Morgan fingerprint density at radius 3 is 2.50 bits per heavy atom. The molecule has 66 valence electrons. The molecule has 0 aliphatic carbocycles. The Morgan fingerprint density at radius 1 is 1.58 bits per heavy atom. The van der Waals surface area contributed by atoms with Crippen LogP contribution in [-0.2, 0) is 9.59 Å². The second-order valence-electron chi connectivity index (χ2n) is 2.02. The Morgan fingerprint density at radius 2 is 2.17 bits per heavy atom. The summed E-state index contributed by atoms with van der Waals surface area (Å²) in [7, 11) is 0. The molecule has 5 heteroatoms. The second kappa shape index (κ2) is 5.16. The van der Waals surface area contributed by atoms with Crippen LogP contribution in [0.25, 0.3) is 0 Å². The van der Waals surface area contributed by atoms with E-state index < -0.39 is 17.9 Å². The predicted octanol–water partition coefficient (Wildman–Crippen LogP) is -1.43. The van der Waals surface area contributed by atoms with Gasteiger partial charge in [-0.05, 0) is 5.92 Å². The van der Waals surface area contributed by atoms with E-state index in [1.165, 1.54) is 0 Å². The predicted molar refractivity (Wildman–Crippen MR) is 40.1 cm³/mol. The molecule has 0 aliphatic heterocycles. The van der Waals surface area contributed by atoms with Gasteiger partial charge in [0.15, 0.2) is 0 Å². The van der Waals surface area contributed by atoms with Crippen LogP contribution in [0.4, 0.5) is 0 Å². The molecule has 1 amide bonds. The normalized spacial score (nSPS) is 11.3. The summed E-state index contributed by atoms with van der Waals surface area (Å²) in [6, 6.07) is -1.11. The molecule has 5 nitrogen and oxygen atoms in total. The Hall–Kier alpha value is -1.54. The Balaban J connectivity index is 4.06. The average molecular weight is 171 g/mol. The number of aliphatic hydroxyl groups is 1. The van der Waals surface area contributed by atoms with Gasteiger partial charge in [0.2, 0.25) is 0 Å². The fraction of sp³-hybridized carbons (Fsp3) is 0.429. The first kappa shape index (κ1) is 10.5. The van der Waals surface area contributed by atoms with Gasteiger partial charge in [-0.2, -0.15) is 0 Å². The minimum atomic E-state index is -1.22. The molecule has 0 fully saturated rings. The molecule has 0 rings (SSSR count). The zero-order chi connectivity index (χ0) is 9.56. The van der Waals surface area contributed by atoms with Gasteiger partial charge in [-0.3, -0.25) is 4.79 Å². The summed E-state index contributed by atoms with van der Waals surface area (Å²) in [5, 5.41) is 18.9. The molecule has 0 heterocycles. The molecule has 0 aromatic rings. The summed E-state index contributed by atoms with van der Waals surface area (Å²) in [5.41, 5.74) is 0. The molecular formula is C7H9NO4. The number of aliphatic hydroxyl groups excluding tert-OH is 1. The molecule has 0 spiro atoms. The maximum Gasteiger partial charge on any atom is 0.326 e. The van der Waals surface area contributed by atoms with Crippen LogP contribution in [0, 0.1) is 12.3 Å². The van der Waals surface area contributed by atoms with Gasteiger partial charge in [-0.15, -0.1) is 6.42 Å². The van der Waals surface area contributed by atoms with Gasteiger partial charge >= 0.3 is 5.97 Å². The highest BCUT2D eigenvalue weighted by Gasteiger charge is 2.17. The van der Waals surface area contributed by atoms with E-state index in [0.29, 0.717) is 0 Å². The number of nitrogens with one attached hydrogen (secondary N) is 1. The molecule has 1 unspecified atom stereocenters. The summed E-state index contributed by atoms with van der Waals surface area (Å²) >= 11 is 0. The average Bonchev–Trinajstić information content (AvgIpc) is 2.03. The third-order valence-electron chi connectivity index (χ3n) is 1.15. The van der Waals surface area contributed by atoms with Crippen LogP contribution in [-0.4, -0.2) is 34.7 Å². The lowest BCUT2D eigenvalue weighted by Gasteiger charge is -2.09. The molecular weight excluding hydrogens is 162 g/mol. The van der Waals surface area contributed by atoms with Crippen LogP contribution in [0.1, 0.15) is 6.42 Å². The number of hydrogen-bond donors (Lipinski definition) is 3. The van der Waals surface area contributed by atoms with Gasteiger partial charge in [0, 0.05) is 13.0 Å². The maximum atomic E-state index is 10.5. The van der Waals surface area contributed by atoms with Crippen LogP contribution < -0.4 is 5.32 Å². The maximum absolute atomic E-state index is 10.5. The van der Waals surface area contributed by atoms with Gasteiger partial charge in [0.05, 0.1) is 0 Å². The topological polar surface area (TPSA) is 86.6 Å². The molecule has 0 bridgehead atoms. The van der Waals surface area contributed by atoms with Crippen molar-refractivity contribution >= 4 is 11.9 Å². The van der Waals surface area contributed by atoms with Crippen molar-refractivity contribution in [3.8, 4) is 12.3 Å². The van der Waals surface area contributed by atoms with E-state index in [1.807, 2.05) is 5.32 Å². The number of aliphatic carboxylic acids is 1. The van der Waals surface area contributed by atoms with Gasteiger partial charge < -0.3 is 15.5 Å². The largest absolute Gasteiger partial charge is 0.480 e. The quantitative estimate of drug-likeness (QED) is 0.453. The monoisotopic (exact) mass is 171 g/mol. The number of amides is 1. The van der Waals surface area contributed by atoms with Crippen molar-refractivity contribution in [1.82, 2.24) is 5.32 Å². The highest BCUT2D eigenvalue weighted by Crippen LogP contribution is 1.90. The lowest BCUT2D eigenvalue weighted by molar-refractivity contribution is -0.141. The van der Waals surface area contributed by atoms with E-state index in [-0.39, 0.29) is 13.0 Å². The lowest BCUT2D eigenvalue weighted by atomic mass is 10.2. The number of terminal acetylenes is 1. The Bertz CT molecular complexity index is 218. The first-order chi connectivity index (χ1) is 5.61. The molecule has 1 atom stereocenters. The first-order valence-corrected chi connectivity index (χ1v) is 3.22. The van der Waals surface area contributed by atoms with E-state index in [9.17, 15) is 9.59 Å². The SMILES string of the molecule is C#CC(=O)NC(CCO)C(=O)O. The van der Waals surface area contributed by atoms with E-state index in [1.54, 1.807) is 5.92 Å². The second-order valence-corrected chi connectivity index (χ2v) is 2.02. The van der Waals surface area contributed by atoms with E-state index in [2.05, 4.69) is 0 Å². The van der Waals surface area contributed by atoms with Gasteiger partial charge in [0.1, 0.15) is 6.04 Å². The van der Waals surface area contributed by atoms with Crippen molar-refractivity contribution in [2.24, 2.45) is 0 Å². The van der Waals surface area contributed by atoms with Crippen molar-refractivity contribution in [2.75, 3.05) is 6.61 Å². The van der Waals surface area contributed by atoms with Crippen LogP contribution in [0.3, 0.4) is 0 Å². The lowest BCUT2D eigenvalue weighted by Crippen LogP contribution is -2.40. The van der Waals surface area contributed by atoms with Crippen LogP contribution >= 0.6 is 0 Å². The number of rotatable bonds is 4. The molecule has 0 aliphatic rings. The van der Waals surface area contributed by atoms with Gasteiger partial charge in [-0.1, -0.05) is 0 Å². The van der Waals surface area contributed by atoms with Crippen molar-refractivity contribution in [3.63, 3.8) is 0 Å². The number of carboxylic acid groups (broad SMARTS) is 1. The third-order valence-corrected chi connectivity index (χ3v) is 1.15. The number of carbonyl (C=O) groups excluding carboxylic acids is 1. The van der Waals surface area contributed by atoms with Crippen molar-refractivity contribution in [2.45, 2.75) is 12.5 Å². The van der Waals surface area contributed by atoms with E-state index in [0.717, 1.165) is 0 Å². The molecule has 0 aromatic heterocycles. The smallest absolute Gasteiger partial charge is 0.326 e. The van der Waals surface area contributed by atoms with Crippen LogP contribution in [0.5, 0.6) is 0 Å². The number of carboxylic acids is 1. The number of hydrogen-bond acceptors (Lipinski definition) is 3. The molecule has 0 radical (unpaired) electrons. The highest BCUT2D eigenvalue weighted by atomic mass is 16.4. The van der Waals surface area contributed by atoms with Crippen molar-refractivity contribution in [3.05, 3.63) is 0 Å². The standard InChI is InChI=1S/C7H9NO4/c1-2-6(10)8-5(3-4-9)7(11)12/h1,5,9H,3-4H2,(H,8,10)(H,11,12).